The zero-order chi connectivity index (χ0) is 23.9. The molecule has 1 saturated heterocycles. The van der Waals surface area contributed by atoms with E-state index in [1.807, 2.05) is 24.7 Å². The van der Waals surface area contributed by atoms with E-state index in [0.29, 0.717) is 5.92 Å². The van der Waals surface area contributed by atoms with Gasteiger partial charge in [0.05, 0.1) is 0 Å². The number of hydrogen-bond donors (Lipinski definition) is 2. The van der Waals surface area contributed by atoms with E-state index in [9.17, 15) is 5.11 Å². The number of aliphatic hydroxyl groups is 1. The smallest absolute Gasteiger partial charge is 0.137 e. The fourth-order valence-electron chi connectivity index (χ4n) is 5.60. The van der Waals surface area contributed by atoms with E-state index in [0.717, 1.165) is 59.3 Å². The second-order valence-corrected chi connectivity index (χ2v) is 10.5. The first-order valence-corrected chi connectivity index (χ1v) is 12.2. The largest absolute Gasteiger partial charge is 0.380 e. The number of aryl methyl sites for hydroxylation is 2. The van der Waals surface area contributed by atoms with Crippen molar-refractivity contribution in [2.45, 2.75) is 45.1 Å². The van der Waals surface area contributed by atoms with Crippen molar-refractivity contribution < 1.29 is 5.11 Å². The summed E-state index contributed by atoms with van der Waals surface area (Å²) in [4.78, 5) is 14.6. The lowest BCUT2D eigenvalue weighted by Gasteiger charge is -2.56. The Labute approximate surface area is 201 Å². The minimum Gasteiger partial charge on any atom is -0.380 e. The Balaban J connectivity index is 1.46. The van der Waals surface area contributed by atoms with Crippen molar-refractivity contribution in [3.8, 4) is 0 Å². The summed E-state index contributed by atoms with van der Waals surface area (Å²) in [7, 11) is 2.11. The quantitative estimate of drug-likeness (QED) is 0.410. The summed E-state index contributed by atoms with van der Waals surface area (Å²) in [5, 5.41) is 13.5. The lowest BCUT2D eigenvalue weighted by atomic mass is 9.62. The van der Waals surface area contributed by atoms with E-state index in [-0.39, 0.29) is 5.41 Å². The summed E-state index contributed by atoms with van der Waals surface area (Å²) >= 11 is 0. The number of fused-ring (bicyclic) bond motifs is 1. The number of hydrogen-bond acceptors (Lipinski definition) is 4. The van der Waals surface area contributed by atoms with Crippen LogP contribution >= 0.6 is 0 Å². The van der Waals surface area contributed by atoms with Crippen molar-refractivity contribution in [2.24, 2.45) is 5.41 Å². The minimum absolute atomic E-state index is 0.287. The van der Waals surface area contributed by atoms with Gasteiger partial charge in [0, 0.05) is 53.7 Å². The number of aromatic nitrogens is 3. The van der Waals surface area contributed by atoms with Crippen LogP contribution in [-0.2, 0) is 18.4 Å². The van der Waals surface area contributed by atoms with Crippen LogP contribution in [0.25, 0.3) is 11.0 Å². The van der Waals surface area contributed by atoms with Gasteiger partial charge >= 0.3 is 0 Å². The van der Waals surface area contributed by atoms with Gasteiger partial charge in [0.15, 0.2) is 0 Å². The third kappa shape index (κ3) is 3.93. The van der Waals surface area contributed by atoms with Gasteiger partial charge in [0.1, 0.15) is 11.2 Å². The Morgan fingerprint density at radius 2 is 1.82 bits per heavy atom. The molecule has 0 saturated carbocycles. The normalized spacial score (nSPS) is 17.6. The molecule has 0 aliphatic carbocycles. The highest BCUT2D eigenvalue weighted by Gasteiger charge is 2.55. The molecule has 1 aliphatic rings. The number of pyridine rings is 2. The number of benzene rings is 1. The van der Waals surface area contributed by atoms with E-state index < -0.39 is 5.60 Å². The van der Waals surface area contributed by atoms with Gasteiger partial charge in [-0.05, 0) is 66.8 Å². The van der Waals surface area contributed by atoms with Crippen LogP contribution in [0.1, 0.15) is 54.6 Å². The summed E-state index contributed by atoms with van der Waals surface area (Å²) in [5.74, 6) is 0.456. The van der Waals surface area contributed by atoms with Crippen LogP contribution in [-0.4, -0.2) is 45.1 Å². The number of nitrogens with zero attached hydrogens (tertiary/aromatic N) is 3. The van der Waals surface area contributed by atoms with Gasteiger partial charge < -0.3 is 15.0 Å². The van der Waals surface area contributed by atoms with Gasteiger partial charge in [0.2, 0.25) is 0 Å². The van der Waals surface area contributed by atoms with Crippen LogP contribution < -0.4 is 0 Å². The molecule has 1 fully saturated rings. The summed E-state index contributed by atoms with van der Waals surface area (Å²) < 4.78 is 0. The topological polar surface area (TPSA) is 65.0 Å². The fraction of sp³-hybridized carbons (Fsp3) is 0.379. The Morgan fingerprint density at radius 1 is 1.06 bits per heavy atom. The Kier molecular flexibility index (Phi) is 5.78. The number of rotatable bonds is 7. The zero-order valence-corrected chi connectivity index (χ0v) is 20.5. The van der Waals surface area contributed by atoms with Gasteiger partial charge in [-0.1, -0.05) is 45.0 Å². The van der Waals surface area contributed by atoms with Gasteiger partial charge in [-0.2, -0.15) is 0 Å². The van der Waals surface area contributed by atoms with Gasteiger partial charge in [0.25, 0.3) is 0 Å². The fourth-order valence-corrected chi connectivity index (χ4v) is 5.60. The van der Waals surface area contributed by atoms with Crippen molar-refractivity contribution in [1.29, 1.82) is 0 Å². The molecule has 5 nitrogen and oxygen atoms in total. The molecule has 3 aromatic heterocycles. The van der Waals surface area contributed by atoms with Crippen LogP contribution in [0.4, 0.5) is 0 Å². The molecule has 176 valence electrons. The predicted molar refractivity (Wildman–Crippen MR) is 137 cm³/mol. The second kappa shape index (κ2) is 8.64. The van der Waals surface area contributed by atoms with E-state index >= 15 is 0 Å². The first-order valence-electron chi connectivity index (χ1n) is 12.2. The minimum atomic E-state index is -1.11. The third-order valence-electron chi connectivity index (χ3n) is 7.45. The van der Waals surface area contributed by atoms with E-state index in [1.165, 1.54) is 5.56 Å². The summed E-state index contributed by atoms with van der Waals surface area (Å²) in [5.41, 5.74) is 4.90. The Hall–Kier alpha value is -3.02. The molecule has 4 heterocycles. The van der Waals surface area contributed by atoms with Gasteiger partial charge in [-0.15, -0.1) is 0 Å². The lowest BCUT2D eigenvalue weighted by Crippen LogP contribution is -2.63. The van der Waals surface area contributed by atoms with Gasteiger partial charge in [-0.3, -0.25) is 4.98 Å². The Bertz CT molecular complexity index is 1250. The number of H-pyrrole nitrogens is 1. The van der Waals surface area contributed by atoms with Gasteiger partial charge in [-0.25, -0.2) is 4.98 Å². The molecular formula is C29H34N4O. The molecule has 1 aromatic carbocycles. The number of aromatic amines is 1. The lowest BCUT2D eigenvalue weighted by molar-refractivity contribution is -0.127. The summed E-state index contributed by atoms with van der Waals surface area (Å²) in [6.07, 6.45) is 7.27. The molecule has 34 heavy (non-hydrogen) atoms. The predicted octanol–water partition coefficient (Wildman–Crippen LogP) is 5.05. The highest BCUT2D eigenvalue weighted by molar-refractivity contribution is 5.76. The van der Waals surface area contributed by atoms with Crippen molar-refractivity contribution in [3.63, 3.8) is 0 Å². The zero-order valence-electron chi connectivity index (χ0n) is 20.5. The molecule has 0 radical (unpaired) electrons. The molecular weight excluding hydrogens is 420 g/mol. The maximum atomic E-state index is 12.4. The van der Waals surface area contributed by atoms with Crippen molar-refractivity contribution in [3.05, 3.63) is 95.1 Å². The molecule has 0 spiro atoms. The molecule has 5 rings (SSSR count). The van der Waals surface area contributed by atoms with E-state index in [4.69, 9.17) is 0 Å². The molecule has 1 unspecified atom stereocenters. The third-order valence-corrected chi connectivity index (χ3v) is 7.45. The molecule has 0 amide bonds. The van der Waals surface area contributed by atoms with Crippen LogP contribution in [0.5, 0.6) is 0 Å². The van der Waals surface area contributed by atoms with Crippen LogP contribution in [0.3, 0.4) is 0 Å². The highest BCUT2D eigenvalue weighted by Crippen LogP contribution is 2.50. The average molecular weight is 455 g/mol. The van der Waals surface area contributed by atoms with Crippen molar-refractivity contribution >= 4 is 11.0 Å². The number of likely N-dealkylation sites (tertiary alicyclic amines) is 1. The molecule has 2 N–H and O–H groups in total. The van der Waals surface area contributed by atoms with Crippen LogP contribution in [0.15, 0.2) is 67.1 Å². The number of nitrogens with one attached hydrogen (secondary N) is 1. The monoisotopic (exact) mass is 454 g/mol. The molecule has 5 heteroatoms. The second-order valence-electron chi connectivity index (χ2n) is 10.5. The van der Waals surface area contributed by atoms with E-state index in [1.54, 1.807) is 0 Å². The summed E-state index contributed by atoms with van der Waals surface area (Å²) in [6, 6.07) is 16.8. The first-order chi connectivity index (χ1) is 16.3. The molecule has 4 aromatic rings. The molecule has 1 aliphatic heterocycles. The molecule has 0 bridgehead atoms. The van der Waals surface area contributed by atoms with E-state index in [2.05, 4.69) is 90.1 Å². The maximum Gasteiger partial charge on any atom is 0.137 e. The maximum absolute atomic E-state index is 12.4. The van der Waals surface area contributed by atoms with Crippen LogP contribution in [0, 0.1) is 5.41 Å². The first kappa shape index (κ1) is 22.8. The SMILES string of the molecule is CC(C)c1ccc(C(O)(c2cncc(CCc3cc4cccnc4[nH]3)c2)C2(C)CN(C)C2)cc1. The van der Waals surface area contributed by atoms with Crippen molar-refractivity contribution in [1.82, 2.24) is 19.9 Å². The standard InChI is InChI=1S/C29H34N4O/c1-20(2)22-8-10-24(11-9-22)29(34,28(3)18-33(4)19-28)25-14-21(16-30-17-25)7-12-26-15-23-6-5-13-31-27(23)32-26/h5-6,8-11,13-17,20,34H,7,12,18-19H2,1-4H3,(H,31,32). The molecule has 1 atom stereocenters. The highest BCUT2D eigenvalue weighted by atomic mass is 16.3. The average Bonchev–Trinajstić information content (AvgIpc) is 3.24. The van der Waals surface area contributed by atoms with Crippen molar-refractivity contribution in [2.75, 3.05) is 20.1 Å². The van der Waals surface area contributed by atoms with Crippen LogP contribution in [0.2, 0.25) is 0 Å². The summed E-state index contributed by atoms with van der Waals surface area (Å²) in [6.45, 7) is 8.25. The Morgan fingerprint density at radius 3 is 2.50 bits per heavy atom.